The molecule has 0 aliphatic carbocycles. The fraction of sp³-hybridized carbons (Fsp3) is 0.143. The summed E-state index contributed by atoms with van der Waals surface area (Å²) in [6.45, 7) is 0. The van der Waals surface area contributed by atoms with Crippen LogP contribution in [0.3, 0.4) is 0 Å². The van der Waals surface area contributed by atoms with E-state index in [1.807, 2.05) is 0 Å². The van der Waals surface area contributed by atoms with E-state index in [0.717, 1.165) is 18.2 Å². The third kappa shape index (κ3) is 3.45. The van der Waals surface area contributed by atoms with Crippen molar-refractivity contribution in [1.29, 1.82) is 0 Å². The van der Waals surface area contributed by atoms with E-state index in [0.29, 0.717) is 0 Å². The molecule has 0 saturated carbocycles. The Labute approximate surface area is 89.0 Å². The molecule has 1 rings (SSSR count). The molecule has 0 aliphatic rings. The van der Waals surface area contributed by atoms with Crippen LogP contribution < -0.4 is 0 Å². The van der Waals surface area contributed by atoms with Crippen LogP contribution in [0.5, 0.6) is 0 Å². The van der Waals surface area contributed by atoms with Gasteiger partial charge in [-0.3, -0.25) is 10.1 Å². The normalized spacial score (nSPS) is 11.3. The molecule has 0 saturated heterocycles. The second kappa shape index (κ2) is 4.11. The van der Waals surface area contributed by atoms with E-state index in [-0.39, 0.29) is 11.3 Å². The average Bonchev–Trinajstić information content (AvgIpc) is 2.06. The fourth-order valence-corrected chi connectivity index (χ4v) is 1.92. The van der Waals surface area contributed by atoms with Crippen LogP contribution in [0.2, 0.25) is 0 Å². The van der Waals surface area contributed by atoms with Crippen LogP contribution in [0.25, 0.3) is 0 Å². The summed E-state index contributed by atoms with van der Waals surface area (Å²) < 4.78 is 34.3. The highest BCUT2D eigenvalue weighted by molar-refractivity contribution is 8.13. The maximum atomic E-state index is 13.0. The van der Waals surface area contributed by atoms with Gasteiger partial charge in [0.1, 0.15) is 5.82 Å². The lowest BCUT2D eigenvalue weighted by atomic mass is 10.2. The number of nitro benzene ring substituents is 1. The zero-order chi connectivity index (χ0) is 11.6. The van der Waals surface area contributed by atoms with Gasteiger partial charge in [0.15, 0.2) is 0 Å². The van der Waals surface area contributed by atoms with Crippen LogP contribution in [-0.2, 0) is 14.8 Å². The maximum Gasteiger partial charge on any atom is 0.269 e. The minimum atomic E-state index is -3.93. The van der Waals surface area contributed by atoms with Crippen molar-refractivity contribution in [2.24, 2.45) is 0 Å². The van der Waals surface area contributed by atoms with Gasteiger partial charge in [-0.15, -0.1) is 0 Å². The van der Waals surface area contributed by atoms with Crippen molar-refractivity contribution in [3.8, 4) is 0 Å². The first-order valence-corrected chi connectivity index (χ1v) is 6.12. The summed E-state index contributed by atoms with van der Waals surface area (Å²) in [7, 11) is 0.975. The Balaban J connectivity index is 3.17. The Bertz CT molecular complexity index is 502. The molecule has 1 aromatic rings. The largest absolute Gasteiger partial charge is 0.269 e. The smallest absolute Gasteiger partial charge is 0.258 e. The quantitative estimate of drug-likeness (QED) is 0.467. The standard InChI is InChI=1S/C7H5ClFNO4S/c8-15(13,14)4-5-3-6(10(11)12)1-2-7(5)9/h1-3H,4H2. The van der Waals surface area contributed by atoms with Gasteiger partial charge in [0.25, 0.3) is 5.69 Å². The zero-order valence-corrected chi connectivity index (χ0v) is 8.76. The Hall–Kier alpha value is -1.21. The van der Waals surface area contributed by atoms with Crippen molar-refractivity contribution in [1.82, 2.24) is 0 Å². The molecule has 0 N–H and O–H groups in total. The molecule has 0 amide bonds. The Kier molecular flexibility index (Phi) is 3.25. The lowest BCUT2D eigenvalue weighted by Gasteiger charge is -1.99. The van der Waals surface area contributed by atoms with Crippen molar-refractivity contribution >= 4 is 25.4 Å². The zero-order valence-electron chi connectivity index (χ0n) is 7.18. The van der Waals surface area contributed by atoms with Gasteiger partial charge in [-0.1, -0.05) is 0 Å². The van der Waals surface area contributed by atoms with Gasteiger partial charge < -0.3 is 0 Å². The van der Waals surface area contributed by atoms with E-state index < -0.39 is 25.5 Å². The minimum Gasteiger partial charge on any atom is -0.258 e. The molecule has 1 aromatic carbocycles. The number of benzene rings is 1. The summed E-state index contributed by atoms with van der Waals surface area (Å²) >= 11 is 0. The van der Waals surface area contributed by atoms with Gasteiger partial charge in [-0.25, -0.2) is 12.8 Å². The van der Waals surface area contributed by atoms with Gasteiger partial charge in [0.05, 0.1) is 10.7 Å². The number of halogens is 2. The molecule has 0 unspecified atom stereocenters. The third-order valence-electron chi connectivity index (χ3n) is 1.57. The Morgan fingerprint density at radius 3 is 2.53 bits per heavy atom. The fourth-order valence-electron chi connectivity index (χ4n) is 0.971. The molecular weight excluding hydrogens is 249 g/mol. The van der Waals surface area contributed by atoms with Gasteiger partial charge in [0.2, 0.25) is 9.05 Å². The predicted octanol–water partition coefficient (Wildman–Crippen LogP) is 1.80. The molecule has 0 heterocycles. The van der Waals surface area contributed by atoms with Crippen molar-refractivity contribution in [3.05, 3.63) is 39.7 Å². The van der Waals surface area contributed by atoms with E-state index in [1.54, 1.807) is 0 Å². The number of nitro groups is 1. The minimum absolute atomic E-state index is 0.320. The molecular formula is C7H5ClFNO4S. The van der Waals surface area contributed by atoms with Gasteiger partial charge in [-0.2, -0.15) is 0 Å². The van der Waals surface area contributed by atoms with Crippen LogP contribution >= 0.6 is 10.7 Å². The van der Waals surface area contributed by atoms with Crippen molar-refractivity contribution < 1.29 is 17.7 Å². The van der Waals surface area contributed by atoms with Gasteiger partial charge >= 0.3 is 0 Å². The third-order valence-corrected chi connectivity index (χ3v) is 2.55. The molecule has 0 aliphatic heterocycles. The molecule has 5 nitrogen and oxygen atoms in total. The lowest BCUT2D eigenvalue weighted by Crippen LogP contribution is -1.99. The number of hydrogen-bond donors (Lipinski definition) is 0. The number of non-ortho nitro benzene ring substituents is 1. The Morgan fingerprint density at radius 2 is 2.07 bits per heavy atom. The maximum absolute atomic E-state index is 13.0. The summed E-state index contributed by atoms with van der Waals surface area (Å²) in [5.41, 5.74) is -0.703. The lowest BCUT2D eigenvalue weighted by molar-refractivity contribution is -0.385. The van der Waals surface area contributed by atoms with Gasteiger partial charge in [-0.05, 0) is 6.07 Å². The molecule has 0 aromatic heterocycles. The summed E-state index contributed by atoms with van der Waals surface area (Å²) in [6, 6.07) is 2.62. The number of rotatable bonds is 3. The van der Waals surface area contributed by atoms with Crippen LogP contribution in [-0.4, -0.2) is 13.3 Å². The summed E-state index contributed by atoms with van der Waals surface area (Å²) in [4.78, 5) is 9.58. The molecule has 82 valence electrons. The molecule has 15 heavy (non-hydrogen) atoms. The monoisotopic (exact) mass is 253 g/mol. The van der Waals surface area contributed by atoms with Crippen molar-refractivity contribution in [3.63, 3.8) is 0 Å². The van der Waals surface area contributed by atoms with Crippen LogP contribution in [0.4, 0.5) is 10.1 Å². The van der Waals surface area contributed by atoms with Crippen LogP contribution in [0.15, 0.2) is 18.2 Å². The second-order valence-corrected chi connectivity index (χ2v) is 5.49. The molecule has 0 spiro atoms. The summed E-state index contributed by atoms with van der Waals surface area (Å²) in [6.07, 6.45) is 0. The van der Waals surface area contributed by atoms with Crippen molar-refractivity contribution in [2.75, 3.05) is 0 Å². The first kappa shape index (κ1) is 11.9. The highest BCUT2D eigenvalue weighted by atomic mass is 35.7. The van der Waals surface area contributed by atoms with E-state index in [2.05, 4.69) is 0 Å². The van der Waals surface area contributed by atoms with E-state index in [1.165, 1.54) is 0 Å². The average molecular weight is 254 g/mol. The van der Waals surface area contributed by atoms with E-state index in [4.69, 9.17) is 10.7 Å². The second-order valence-electron chi connectivity index (χ2n) is 2.72. The summed E-state index contributed by atoms with van der Waals surface area (Å²) in [5, 5.41) is 10.3. The topological polar surface area (TPSA) is 77.3 Å². The highest BCUT2D eigenvalue weighted by Crippen LogP contribution is 2.19. The first-order valence-electron chi connectivity index (χ1n) is 3.65. The predicted molar refractivity (Wildman–Crippen MR) is 51.5 cm³/mol. The van der Waals surface area contributed by atoms with Gasteiger partial charge in [0, 0.05) is 28.4 Å². The van der Waals surface area contributed by atoms with E-state index in [9.17, 15) is 22.9 Å². The SMILES string of the molecule is O=[N+]([O-])c1ccc(F)c(CS(=O)(=O)Cl)c1. The first-order chi connectivity index (χ1) is 6.79. The van der Waals surface area contributed by atoms with E-state index >= 15 is 0 Å². The van der Waals surface area contributed by atoms with Crippen molar-refractivity contribution in [2.45, 2.75) is 5.75 Å². The molecule has 0 fully saturated rings. The molecule has 8 heteroatoms. The molecule has 0 radical (unpaired) electrons. The number of nitrogens with zero attached hydrogens (tertiary/aromatic N) is 1. The summed E-state index contributed by atoms with van der Waals surface area (Å²) in [5.74, 6) is -1.62. The van der Waals surface area contributed by atoms with Crippen LogP contribution in [0.1, 0.15) is 5.56 Å². The molecule has 0 bridgehead atoms. The molecule has 0 atom stereocenters. The number of hydrogen-bond acceptors (Lipinski definition) is 4. The highest BCUT2D eigenvalue weighted by Gasteiger charge is 2.15. The Morgan fingerprint density at radius 1 is 1.47 bits per heavy atom. The van der Waals surface area contributed by atoms with Crippen LogP contribution in [0, 0.1) is 15.9 Å².